The van der Waals surface area contributed by atoms with E-state index in [0.29, 0.717) is 34.3 Å². The Morgan fingerprint density at radius 2 is 2.00 bits per heavy atom. The molecule has 0 saturated carbocycles. The van der Waals surface area contributed by atoms with Crippen LogP contribution in [-0.4, -0.2) is 22.8 Å². The van der Waals surface area contributed by atoms with Gasteiger partial charge in [-0.3, -0.25) is 4.79 Å². The van der Waals surface area contributed by atoms with E-state index in [1.807, 2.05) is 6.07 Å². The lowest BCUT2D eigenvalue weighted by Crippen LogP contribution is -2.13. The van der Waals surface area contributed by atoms with Crippen molar-refractivity contribution in [1.29, 1.82) is 5.26 Å². The summed E-state index contributed by atoms with van der Waals surface area (Å²) in [6.07, 6.45) is 1.38. The maximum Gasteiger partial charge on any atom is 0.266 e. The molecule has 0 radical (unpaired) electrons. The predicted octanol–water partition coefficient (Wildman–Crippen LogP) is 5.24. The topological polar surface area (TPSA) is 79.9 Å². The molecule has 3 aromatic rings. The number of aromatic nitrogens is 2. The van der Waals surface area contributed by atoms with Crippen molar-refractivity contribution in [3.8, 4) is 11.8 Å². The van der Waals surface area contributed by atoms with Gasteiger partial charge in [0, 0.05) is 11.3 Å². The van der Waals surface area contributed by atoms with Crippen molar-refractivity contribution in [1.82, 2.24) is 9.78 Å². The molecule has 0 aliphatic heterocycles. The molecule has 158 valence electrons. The number of halogens is 3. The van der Waals surface area contributed by atoms with Gasteiger partial charge in [0.2, 0.25) is 0 Å². The zero-order valence-corrected chi connectivity index (χ0v) is 18.1. The summed E-state index contributed by atoms with van der Waals surface area (Å²) in [6.45, 7) is 2.03. The molecule has 0 atom stereocenters. The van der Waals surface area contributed by atoms with Crippen LogP contribution in [0.5, 0.6) is 5.75 Å². The number of hydrogen-bond acceptors (Lipinski definition) is 4. The predicted molar refractivity (Wildman–Crippen MR) is 118 cm³/mol. The van der Waals surface area contributed by atoms with Crippen LogP contribution in [0.15, 0.2) is 48.0 Å². The van der Waals surface area contributed by atoms with Crippen molar-refractivity contribution in [2.24, 2.45) is 0 Å². The maximum absolute atomic E-state index is 13.1. The standard InChI is InChI=1S/C22H17Cl2FN4O2/c1-13-18(21(24)29(28-13)12-14-3-5-16(25)6-4-14)9-15(11-26)22(30)27-17-7-8-20(31-2)19(23)10-17/h3-10H,12H2,1-2H3,(H,27,30)/b15-9+. The molecular weight excluding hydrogens is 442 g/mol. The third kappa shape index (κ3) is 5.23. The van der Waals surface area contributed by atoms with Crippen molar-refractivity contribution in [2.75, 3.05) is 12.4 Å². The van der Waals surface area contributed by atoms with Crippen molar-refractivity contribution < 1.29 is 13.9 Å². The SMILES string of the molecule is COc1ccc(NC(=O)/C(C#N)=C/c2c(C)nn(Cc3ccc(F)cc3)c2Cl)cc1Cl. The van der Waals surface area contributed by atoms with Gasteiger partial charge in [-0.15, -0.1) is 0 Å². The van der Waals surface area contributed by atoms with Gasteiger partial charge in [-0.05, 0) is 48.9 Å². The highest BCUT2D eigenvalue weighted by Crippen LogP contribution is 2.28. The molecule has 1 aromatic heterocycles. The second kappa shape index (κ2) is 9.65. The zero-order chi connectivity index (χ0) is 22.5. The van der Waals surface area contributed by atoms with Gasteiger partial charge in [-0.25, -0.2) is 9.07 Å². The smallest absolute Gasteiger partial charge is 0.266 e. The summed E-state index contributed by atoms with van der Waals surface area (Å²) in [5, 5.41) is 17.1. The van der Waals surface area contributed by atoms with Crippen LogP contribution < -0.4 is 10.1 Å². The Kier molecular flexibility index (Phi) is 6.95. The highest BCUT2D eigenvalue weighted by atomic mass is 35.5. The summed E-state index contributed by atoms with van der Waals surface area (Å²) < 4.78 is 19.7. The quantitative estimate of drug-likeness (QED) is 0.404. The Bertz CT molecular complexity index is 1200. The molecule has 6 nitrogen and oxygen atoms in total. The molecule has 9 heteroatoms. The molecule has 0 unspecified atom stereocenters. The number of aryl methyl sites for hydroxylation is 1. The van der Waals surface area contributed by atoms with Gasteiger partial charge in [-0.2, -0.15) is 10.4 Å². The van der Waals surface area contributed by atoms with Crippen LogP contribution in [0, 0.1) is 24.1 Å². The first-order valence-electron chi connectivity index (χ1n) is 9.06. The van der Waals surface area contributed by atoms with Gasteiger partial charge in [-0.1, -0.05) is 35.3 Å². The van der Waals surface area contributed by atoms with Gasteiger partial charge in [0.05, 0.1) is 24.4 Å². The van der Waals surface area contributed by atoms with Crippen LogP contribution in [0.25, 0.3) is 6.08 Å². The molecule has 0 aliphatic rings. The fourth-order valence-electron chi connectivity index (χ4n) is 2.83. The number of amides is 1. The molecule has 1 N–H and O–H groups in total. The number of methoxy groups -OCH3 is 1. The highest BCUT2D eigenvalue weighted by Gasteiger charge is 2.17. The molecule has 1 amide bonds. The van der Waals surface area contributed by atoms with Gasteiger partial charge in [0.15, 0.2) is 0 Å². The number of carbonyl (C=O) groups is 1. The Morgan fingerprint density at radius 1 is 1.29 bits per heavy atom. The number of nitrogens with zero attached hydrogens (tertiary/aromatic N) is 3. The lowest BCUT2D eigenvalue weighted by molar-refractivity contribution is -0.112. The van der Waals surface area contributed by atoms with Crippen LogP contribution >= 0.6 is 23.2 Å². The molecule has 0 bridgehead atoms. The fraction of sp³-hybridized carbons (Fsp3) is 0.136. The van der Waals surface area contributed by atoms with Crippen LogP contribution in [0.4, 0.5) is 10.1 Å². The highest BCUT2D eigenvalue weighted by molar-refractivity contribution is 6.32. The number of rotatable bonds is 6. The molecule has 31 heavy (non-hydrogen) atoms. The van der Waals surface area contributed by atoms with Crippen molar-refractivity contribution in [3.63, 3.8) is 0 Å². The van der Waals surface area contributed by atoms with E-state index in [4.69, 9.17) is 27.9 Å². The van der Waals surface area contributed by atoms with Crippen LogP contribution in [0.3, 0.4) is 0 Å². The van der Waals surface area contributed by atoms with Crippen molar-refractivity contribution >= 4 is 40.9 Å². The van der Waals surface area contributed by atoms with Crippen LogP contribution in [-0.2, 0) is 11.3 Å². The average Bonchev–Trinajstić information content (AvgIpc) is 3.00. The van der Waals surface area contributed by atoms with E-state index in [1.54, 1.807) is 31.2 Å². The summed E-state index contributed by atoms with van der Waals surface area (Å²) in [6, 6.07) is 12.6. The zero-order valence-electron chi connectivity index (χ0n) is 16.6. The third-order valence-corrected chi connectivity index (χ3v) is 5.11. The van der Waals surface area contributed by atoms with E-state index in [1.165, 1.54) is 36.1 Å². The van der Waals surface area contributed by atoms with E-state index in [9.17, 15) is 14.4 Å². The summed E-state index contributed by atoms with van der Waals surface area (Å²) in [5.41, 5.74) is 2.05. The lowest BCUT2D eigenvalue weighted by Gasteiger charge is -2.07. The first-order chi connectivity index (χ1) is 14.8. The van der Waals surface area contributed by atoms with Gasteiger partial charge < -0.3 is 10.1 Å². The summed E-state index contributed by atoms with van der Waals surface area (Å²) in [7, 11) is 1.48. The fourth-order valence-corrected chi connectivity index (χ4v) is 3.38. The van der Waals surface area contributed by atoms with Crippen LogP contribution in [0.1, 0.15) is 16.8 Å². The number of anilines is 1. The monoisotopic (exact) mass is 458 g/mol. The Labute approximate surface area is 188 Å². The number of nitriles is 1. The first-order valence-corrected chi connectivity index (χ1v) is 9.82. The lowest BCUT2D eigenvalue weighted by atomic mass is 10.1. The molecule has 1 heterocycles. The minimum atomic E-state index is -0.620. The molecule has 0 aliphatic carbocycles. The van der Waals surface area contributed by atoms with Gasteiger partial charge in [0.1, 0.15) is 28.4 Å². The Balaban J connectivity index is 1.84. The molecule has 0 spiro atoms. The normalized spacial score (nSPS) is 11.2. The number of benzene rings is 2. The second-order valence-electron chi connectivity index (χ2n) is 6.55. The van der Waals surface area contributed by atoms with Crippen LogP contribution in [0.2, 0.25) is 10.2 Å². The van der Waals surface area contributed by atoms with E-state index in [2.05, 4.69) is 10.4 Å². The average molecular weight is 459 g/mol. The van der Waals surface area contributed by atoms with E-state index < -0.39 is 5.91 Å². The van der Waals surface area contributed by atoms with Gasteiger partial charge in [0.25, 0.3) is 5.91 Å². The largest absolute Gasteiger partial charge is 0.495 e. The maximum atomic E-state index is 13.1. The summed E-state index contributed by atoms with van der Waals surface area (Å²) >= 11 is 12.5. The van der Waals surface area contributed by atoms with E-state index in [0.717, 1.165) is 5.56 Å². The molecule has 0 saturated heterocycles. The van der Waals surface area contributed by atoms with E-state index in [-0.39, 0.29) is 16.5 Å². The number of nitrogens with one attached hydrogen (secondary N) is 1. The summed E-state index contributed by atoms with van der Waals surface area (Å²) in [4.78, 5) is 12.6. The van der Waals surface area contributed by atoms with E-state index >= 15 is 0 Å². The number of hydrogen-bond donors (Lipinski definition) is 1. The molecule has 2 aromatic carbocycles. The molecule has 3 rings (SSSR count). The Hall–Kier alpha value is -3.34. The summed E-state index contributed by atoms with van der Waals surface area (Å²) in [5.74, 6) is -0.491. The molecular formula is C22H17Cl2FN4O2. The minimum Gasteiger partial charge on any atom is -0.495 e. The Morgan fingerprint density at radius 3 is 2.61 bits per heavy atom. The molecule has 0 fully saturated rings. The van der Waals surface area contributed by atoms with Crippen molar-refractivity contribution in [2.45, 2.75) is 13.5 Å². The third-order valence-electron chi connectivity index (χ3n) is 4.42. The number of carbonyl (C=O) groups excluding carboxylic acids is 1. The first kappa shape index (κ1) is 22.3. The van der Waals surface area contributed by atoms with Crippen molar-refractivity contribution in [3.05, 3.63) is 80.9 Å². The second-order valence-corrected chi connectivity index (χ2v) is 7.31. The minimum absolute atomic E-state index is 0.154. The number of ether oxygens (including phenoxy) is 1. The van der Waals surface area contributed by atoms with Gasteiger partial charge >= 0.3 is 0 Å².